The highest BCUT2D eigenvalue weighted by Gasteiger charge is 2.28. The third-order valence-corrected chi connectivity index (χ3v) is 5.07. The van der Waals surface area contributed by atoms with Gasteiger partial charge in [0.25, 0.3) is 0 Å². The number of nitrogens with one attached hydrogen (secondary N) is 1. The average molecular weight is 463 g/mol. The highest BCUT2D eigenvalue weighted by atomic mass is 32.2. The smallest absolute Gasteiger partial charge is 0.443 e. The predicted molar refractivity (Wildman–Crippen MR) is 118 cm³/mol. The molecule has 0 aliphatic carbocycles. The van der Waals surface area contributed by atoms with Crippen molar-refractivity contribution in [3.8, 4) is 11.1 Å². The van der Waals surface area contributed by atoms with Crippen LogP contribution >= 0.6 is 0 Å². The summed E-state index contributed by atoms with van der Waals surface area (Å²) in [6, 6.07) is 5.40. The first-order valence-corrected chi connectivity index (χ1v) is 11.5. The van der Waals surface area contributed by atoms with Gasteiger partial charge in [-0.2, -0.15) is 0 Å². The molecule has 0 fully saturated rings. The summed E-state index contributed by atoms with van der Waals surface area (Å²) in [5, 5.41) is 20.1. The summed E-state index contributed by atoms with van der Waals surface area (Å²) in [5.74, 6) is -0.598. The number of carbonyl (C=O) groups excluding carboxylic acids is 1. The van der Waals surface area contributed by atoms with Crippen LogP contribution in [0.1, 0.15) is 26.3 Å². The third-order valence-electron chi connectivity index (χ3n) is 4.41. The molecule has 0 saturated heterocycles. The van der Waals surface area contributed by atoms with Gasteiger partial charge < -0.3 is 14.8 Å². The number of nitrogens with zero attached hydrogens (tertiary/aromatic N) is 2. The minimum absolute atomic E-state index is 0.119. The van der Waals surface area contributed by atoms with Crippen LogP contribution in [0.15, 0.2) is 36.7 Å². The lowest BCUT2D eigenvalue weighted by molar-refractivity contribution is 0.0547. The van der Waals surface area contributed by atoms with E-state index in [1.807, 2.05) is 0 Å². The first-order chi connectivity index (χ1) is 14.7. The molecule has 170 valence electrons. The van der Waals surface area contributed by atoms with Crippen LogP contribution in [-0.4, -0.2) is 53.1 Å². The molecule has 0 bridgehead atoms. The molecule has 0 spiro atoms. The quantitative estimate of drug-likeness (QED) is 0.487. The van der Waals surface area contributed by atoms with Crippen molar-refractivity contribution in [3.05, 3.63) is 48.0 Å². The summed E-state index contributed by atoms with van der Waals surface area (Å²) in [6.07, 6.45) is 2.98. The second-order valence-electron chi connectivity index (χ2n) is 8.32. The number of halogens is 1. The van der Waals surface area contributed by atoms with Crippen molar-refractivity contribution in [2.45, 2.75) is 32.9 Å². The number of benzene rings is 1. The zero-order chi connectivity index (χ0) is 23.8. The maximum Gasteiger partial charge on any atom is 0.506 e. The molecule has 2 heterocycles. The summed E-state index contributed by atoms with van der Waals surface area (Å²) in [6.45, 7) is 4.91. The third kappa shape index (κ3) is 5.51. The van der Waals surface area contributed by atoms with E-state index >= 15 is 0 Å². The summed E-state index contributed by atoms with van der Waals surface area (Å²) in [5.41, 5.74) is 0.413. The number of ether oxygens (including phenoxy) is 1. The van der Waals surface area contributed by atoms with Crippen LogP contribution in [-0.2, 0) is 21.3 Å². The van der Waals surface area contributed by atoms with Gasteiger partial charge in [-0.1, -0.05) is 0 Å². The Morgan fingerprint density at radius 1 is 1.22 bits per heavy atom. The van der Waals surface area contributed by atoms with Gasteiger partial charge in [0.1, 0.15) is 11.4 Å². The normalized spacial score (nSPS) is 12.2. The van der Waals surface area contributed by atoms with Crippen molar-refractivity contribution in [2.75, 3.05) is 6.26 Å². The van der Waals surface area contributed by atoms with Crippen LogP contribution in [0.25, 0.3) is 22.0 Å². The van der Waals surface area contributed by atoms with E-state index in [4.69, 9.17) is 4.74 Å². The molecule has 3 aromatic rings. The minimum atomic E-state index is -3.48. The number of sulfonamides is 1. The molecule has 0 unspecified atom stereocenters. The molecule has 0 radical (unpaired) electrons. The maximum absolute atomic E-state index is 14.3. The molecule has 32 heavy (non-hydrogen) atoms. The van der Waals surface area contributed by atoms with Gasteiger partial charge in [-0.15, -0.1) is 0 Å². The summed E-state index contributed by atoms with van der Waals surface area (Å²) < 4.78 is 45.7. The van der Waals surface area contributed by atoms with Gasteiger partial charge in [0.2, 0.25) is 10.0 Å². The monoisotopic (exact) mass is 463 g/mol. The first-order valence-electron chi connectivity index (χ1n) is 9.58. The lowest BCUT2D eigenvalue weighted by Crippen LogP contribution is -2.41. The second kappa shape index (κ2) is 8.62. The number of hydrogen-bond donors (Lipinski definition) is 3. The Morgan fingerprint density at radius 2 is 1.91 bits per heavy atom. The fourth-order valence-electron chi connectivity index (χ4n) is 3.19. The molecule has 0 saturated carbocycles. The summed E-state index contributed by atoms with van der Waals surface area (Å²) in [7, 11) is -5.46. The van der Waals surface area contributed by atoms with Crippen molar-refractivity contribution in [3.63, 3.8) is 0 Å². The van der Waals surface area contributed by atoms with Crippen LogP contribution in [0.4, 0.5) is 9.18 Å². The Balaban J connectivity index is 2.16. The second-order valence-corrected chi connectivity index (χ2v) is 10.2. The molecule has 2 aromatic heterocycles. The molecule has 3 N–H and O–H groups in total. The number of rotatable bonds is 5. The largest absolute Gasteiger partial charge is 0.506 e. The van der Waals surface area contributed by atoms with Crippen molar-refractivity contribution in [1.82, 2.24) is 14.3 Å². The molecule has 12 heteroatoms. The molecule has 0 amide bonds. The van der Waals surface area contributed by atoms with Crippen molar-refractivity contribution in [2.24, 2.45) is 0 Å². The molecule has 0 aliphatic heterocycles. The molecule has 0 aliphatic rings. The maximum atomic E-state index is 14.3. The Morgan fingerprint density at radius 3 is 2.50 bits per heavy atom. The number of fused-ring (bicyclic) bond motifs is 1. The summed E-state index contributed by atoms with van der Waals surface area (Å²) in [4.78, 5) is 16.9. The van der Waals surface area contributed by atoms with Crippen LogP contribution in [0.5, 0.6) is 0 Å². The van der Waals surface area contributed by atoms with E-state index in [0.29, 0.717) is 22.1 Å². The highest BCUT2D eigenvalue weighted by Crippen LogP contribution is 2.30. The Labute approximate surface area is 185 Å². The van der Waals surface area contributed by atoms with Gasteiger partial charge >= 0.3 is 13.2 Å². The van der Waals surface area contributed by atoms with Crippen LogP contribution in [0.3, 0.4) is 0 Å². The van der Waals surface area contributed by atoms with E-state index in [1.54, 1.807) is 26.8 Å². The van der Waals surface area contributed by atoms with Gasteiger partial charge in [0.15, 0.2) is 0 Å². The van der Waals surface area contributed by atoms with E-state index in [1.165, 1.54) is 30.6 Å². The van der Waals surface area contributed by atoms with E-state index in [0.717, 1.165) is 10.8 Å². The molecule has 1 aromatic carbocycles. The zero-order valence-corrected chi connectivity index (χ0v) is 18.8. The minimum Gasteiger partial charge on any atom is -0.443 e. The zero-order valence-electron chi connectivity index (χ0n) is 18.0. The Hall–Kier alpha value is -2.80. The van der Waals surface area contributed by atoms with E-state index < -0.39 is 34.7 Å². The number of aromatic nitrogens is 2. The van der Waals surface area contributed by atoms with Gasteiger partial charge in [0.05, 0.1) is 23.6 Å². The number of carbonyl (C=O) groups is 1. The van der Waals surface area contributed by atoms with Gasteiger partial charge in [-0.05, 0) is 56.2 Å². The number of hydrogen-bond acceptors (Lipinski definition) is 7. The summed E-state index contributed by atoms with van der Waals surface area (Å²) >= 11 is 0. The van der Waals surface area contributed by atoms with E-state index in [2.05, 4.69) is 9.71 Å². The van der Waals surface area contributed by atoms with Crippen LogP contribution in [0, 0.1) is 5.82 Å². The van der Waals surface area contributed by atoms with Crippen molar-refractivity contribution in [1.29, 1.82) is 0 Å². The first kappa shape index (κ1) is 23.9. The van der Waals surface area contributed by atoms with Crippen molar-refractivity contribution < 1.29 is 32.4 Å². The topological polar surface area (TPSA) is 131 Å². The van der Waals surface area contributed by atoms with Gasteiger partial charge in [-0.3, -0.25) is 9.55 Å². The predicted octanol–water partition coefficient (Wildman–Crippen LogP) is 1.35. The Kier molecular flexibility index (Phi) is 6.43. The molecule has 9 nitrogen and oxygen atoms in total. The van der Waals surface area contributed by atoms with E-state index in [-0.39, 0.29) is 17.7 Å². The SMILES string of the molecule is CC(C)(C)OC(=O)n1c(B(O)O)cc2c(-c3cc(F)cc(CNS(C)(=O)=O)c3)cncc21. The molecular weight excluding hydrogens is 440 g/mol. The lowest BCUT2D eigenvalue weighted by atomic mass is 9.86. The van der Waals surface area contributed by atoms with Crippen LogP contribution < -0.4 is 10.3 Å². The van der Waals surface area contributed by atoms with E-state index in [9.17, 15) is 27.7 Å². The standard InChI is InChI=1S/C20H23BFN3O6S/c1-20(2,3)31-19(26)25-17-11-23-10-16(15(17)8-18(25)21(27)28)13-5-12(6-14(22)7-13)9-24-32(4,29)30/h5-8,10-11,24,27-28H,9H2,1-4H3. The highest BCUT2D eigenvalue weighted by molar-refractivity contribution is 7.88. The van der Waals surface area contributed by atoms with Gasteiger partial charge in [-0.25, -0.2) is 22.3 Å². The Bertz CT molecular complexity index is 1280. The van der Waals surface area contributed by atoms with Crippen LogP contribution in [0.2, 0.25) is 0 Å². The van der Waals surface area contributed by atoms with Crippen molar-refractivity contribution >= 4 is 39.7 Å². The molecule has 0 atom stereocenters. The fourth-order valence-corrected chi connectivity index (χ4v) is 3.62. The number of pyridine rings is 1. The molecular formula is C20H23BFN3O6S. The lowest BCUT2D eigenvalue weighted by Gasteiger charge is -2.20. The molecule has 3 rings (SSSR count). The average Bonchev–Trinajstić information content (AvgIpc) is 3.04. The fraction of sp³-hybridized carbons (Fsp3) is 0.300. The van der Waals surface area contributed by atoms with Gasteiger partial charge in [0, 0.05) is 23.7 Å².